The summed E-state index contributed by atoms with van der Waals surface area (Å²) in [6.07, 6.45) is 0. The summed E-state index contributed by atoms with van der Waals surface area (Å²) < 4.78 is 0. The van der Waals surface area contributed by atoms with Crippen LogP contribution in [0, 0.1) is 20.2 Å². The van der Waals surface area contributed by atoms with Crippen LogP contribution in [0.25, 0.3) is 0 Å². The molecule has 0 unspecified atom stereocenters. The number of nitrogen functional groups attached to an aromatic ring is 1. The predicted octanol–water partition coefficient (Wildman–Crippen LogP) is 7.14. The second kappa shape index (κ2) is 12.2. The average molecular weight is 544 g/mol. The number of nitrogens with zero attached hydrogens (tertiary/aromatic N) is 2. The summed E-state index contributed by atoms with van der Waals surface area (Å²) >= 11 is 8.65. The monoisotopic (exact) mass is 543 g/mol. The number of hydrogen-bond acceptors (Lipinski definition) is 9. The van der Waals surface area contributed by atoms with Crippen LogP contribution in [0.4, 0.5) is 17.1 Å². The SMILES string of the molecule is Nc1cc(Sc2ccc(O)cc2)ccc1[N+](=O)[O-].O=[N+]([O-])c1ccc(Sc2ccc(O)cc2)cc1Cl. The minimum absolute atomic E-state index is 0.0925. The van der Waals surface area contributed by atoms with Crippen molar-refractivity contribution in [3.8, 4) is 11.5 Å². The zero-order valence-corrected chi connectivity index (χ0v) is 20.7. The van der Waals surface area contributed by atoms with Crippen LogP contribution in [-0.2, 0) is 0 Å². The Bertz CT molecular complexity index is 1280. The van der Waals surface area contributed by atoms with Crippen molar-refractivity contribution in [2.75, 3.05) is 5.73 Å². The summed E-state index contributed by atoms with van der Waals surface area (Å²) in [5.41, 5.74) is 5.55. The van der Waals surface area contributed by atoms with Crippen LogP contribution in [0.3, 0.4) is 0 Å². The number of nitrogens with two attached hydrogens (primary N) is 1. The summed E-state index contributed by atoms with van der Waals surface area (Å²) in [4.78, 5) is 23.7. The van der Waals surface area contributed by atoms with E-state index in [0.717, 1.165) is 19.6 Å². The summed E-state index contributed by atoms with van der Waals surface area (Å²) in [6, 6.07) is 22.5. The number of phenolic OH excluding ortho intramolecular Hbond substituents is 2. The molecule has 0 saturated carbocycles. The quantitative estimate of drug-likeness (QED) is 0.131. The molecule has 0 aliphatic rings. The highest BCUT2D eigenvalue weighted by atomic mass is 35.5. The highest BCUT2D eigenvalue weighted by Crippen LogP contribution is 2.34. The largest absolute Gasteiger partial charge is 0.508 e. The first kappa shape index (κ1) is 26.7. The third kappa shape index (κ3) is 7.54. The van der Waals surface area contributed by atoms with Crippen molar-refractivity contribution in [1.82, 2.24) is 0 Å². The third-order valence-corrected chi connectivity index (χ3v) is 6.75. The van der Waals surface area contributed by atoms with Gasteiger partial charge in [0.25, 0.3) is 11.4 Å². The molecule has 0 spiro atoms. The van der Waals surface area contributed by atoms with E-state index >= 15 is 0 Å². The first-order chi connectivity index (χ1) is 17.1. The number of anilines is 1. The molecule has 0 radical (unpaired) electrons. The van der Waals surface area contributed by atoms with Gasteiger partial charge in [-0.15, -0.1) is 0 Å². The molecule has 0 atom stereocenters. The second-order valence-electron chi connectivity index (χ2n) is 7.04. The molecule has 0 aliphatic heterocycles. The number of hydrogen-bond donors (Lipinski definition) is 3. The molecule has 0 saturated heterocycles. The van der Waals surface area contributed by atoms with Crippen LogP contribution in [-0.4, -0.2) is 20.1 Å². The second-order valence-corrected chi connectivity index (χ2v) is 9.74. The molecule has 9 nitrogen and oxygen atoms in total. The Labute approximate surface area is 218 Å². The van der Waals surface area contributed by atoms with Gasteiger partial charge in [-0.05, 0) is 72.8 Å². The van der Waals surface area contributed by atoms with Gasteiger partial charge in [0.2, 0.25) is 0 Å². The highest BCUT2D eigenvalue weighted by Gasteiger charge is 2.13. The smallest absolute Gasteiger partial charge is 0.292 e. The Morgan fingerprint density at radius 1 is 0.639 bits per heavy atom. The number of nitro benzene ring substituents is 2. The van der Waals surface area contributed by atoms with E-state index in [0.29, 0.717) is 0 Å². The molecule has 4 aromatic rings. The van der Waals surface area contributed by atoms with E-state index in [1.807, 2.05) is 0 Å². The normalized spacial score (nSPS) is 10.2. The van der Waals surface area contributed by atoms with Gasteiger partial charge in [-0.25, -0.2) is 0 Å². The van der Waals surface area contributed by atoms with E-state index in [2.05, 4.69) is 0 Å². The molecular formula is C24H18ClN3O6S2. The van der Waals surface area contributed by atoms with E-state index in [1.54, 1.807) is 72.8 Å². The molecule has 4 rings (SSSR count). The van der Waals surface area contributed by atoms with Crippen molar-refractivity contribution in [1.29, 1.82) is 0 Å². The maximum Gasteiger partial charge on any atom is 0.292 e. The Hall–Kier alpha value is -3.93. The molecular weight excluding hydrogens is 526 g/mol. The number of phenols is 2. The van der Waals surface area contributed by atoms with Gasteiger partial charge < -0.3 is 15.9 Å². The van der Waals surface area contributed by atoms with Crippen LogP contribution >= 0.6 is 35.1 Å². The number of rotatable bonds is 6. The molecule has 0 amide bonds. The maximum absolute atomic E-state index is 10.6. The van der Waals surface area contributed by atoms with Crippen LogP contribution in [0.2, 0.25) is 5.02 Å². The molecule has 0 aromatic heterocycles. The number of nitro groups is 2. The molecule has 4 N–H and O–H groups in total. The van der Waals surface area contributed by atoms with Crippen LogP contribution < -0.4 is 5.73 Å². The van der Waals surface area contributed by atoms with Crippen molar-refractivity contribution >= 4 is 52.2 Å². The van der Waals surface area contributed by atoms with Crippen molar-refractivity contribution in [3.63, 3.8) is 0 Å². The van der Waals surface area contributed by atoms with Gasteiger partial charge in [-0.3, -0.25) is 20.2 Å². The summed E-state index contributed by atoms with van der Waals surface area (Å²) in [6.45, 7) is 0. The van der Waals surface area contributed by atoms with Crippen molar-refractivity contribution in [3.05, 3.63) is 110 Å². The van der Waals surface area contributed by atoms with E-state index in [9.17, 15) is 20.2 Å². The lowest BCUT2D eigenvalue weighted by molar-refractivity contribution is -0.384. The van der Waals surface area contributed by atoms with E-state index in [4.69, 9.17) is 27.5 Å². The van der Waals surface area contributed by atoms with Gasteiger partial charge in [0.15, 0.2) is 0 Å². The fourth-order valence-electron chi connectivity index (χ4n) is 2.76. The summed E-state index contributed by atoms with van der Waals surface area (Å²) in [7, 11) is 0. The van der Waals surface area contributed by atoms with Gasteiger partial charge in [0.05, 0.1) is 9.85 Å². The first-order valence-corrected chi connectivity index (χ1v) is 12.0. The lowest BCUT2D eigenvalue weighted by atomic mass is 10.3. The minimum atomic E-state index is -0.517. The zero-order valence-electron chi connectivity index (χ0n) is 18.3. The molecule has 4 aromatic carbocycles. The van der Waals surface area contributed by atoms with Gasteiger partial charge >= 0.3 is 0 Å². The maximum atomic E-state index is 10.6. The van der Waals surface area contributed by atoms with Crippen molar-refractivity contribution < 1.29 is 20.1 Å². The Kier molecular flexibility index (Phi) is 9.01. The number of aromatic hydroxyl groups is 2. The lowest BCUT2D eigenvalue weighted by Crippen LogP contribution is -1.95. The molecule has 36 heavy (non-hydrogen) atoms. The Balaban J connectivity index is 0.000000201. The first-order valence-electron chi connectivity index (χ1n) is 10.0. The van der Waals surface area contributed by atoms with Crippen molar-refractivity contribution in [2.24, 2.45) is 0 Å². The topological polar surface area (TPSA) is 153 Å². The Morgan fingerprint density at radius 2 is 1.03 bits per heavy atom. The fraction of sp³-hybridized carbons (Fsp3) is 0. The molecule has 0 fully saturated rings. The van der Waals surface area contributed by atoms with Gasteiger partial charge in [-0.1, -0.05) is 35.1 Å². The number of benzene rings is 4. The van der Waals surface area contributed by atoms with Crippen LogP contribution in [0.1, 0.15) is 0 Å². The highest BCUT2D eigenvalue weighted by molar-refractivity contribution is 7.99. The molecule has 0 heterocycles. The Morgan fingerprint density at radius 3 is 1.42 bits per heavy atom. The molecule has 0 aliphatic carbocycles. The lowest BCUT2D eigenvalue weighted by Gasteiger charge is -2.03. The van der Waals surface area contributed by atoms with E-state index in [1.165, 1.54) is 35.7 Å². The fourth-order valence-corrected chi connectivity index (χ4v) is 4.80. The molecule has 0 bridgehead atoms. The molecule has 12 heteroatoms. The standard InChI is InChI=1S/C12H8ClNO3S.C12H10N2O3S/c2*13-11-7-10(5-6-12(11)14(16)17)18-9-3-1-8(15)2-4-9/h1-7,15H;1-7,15H,13H2. The van der Waals surface area contributed by atoms with Crippen LogP contribution in [0.5, 0.6) is 11.5 Å². The summed E-state index contributed by atoms with van der Waals surface area (Å²) in [5.74, 6) is 0.392. The van der Waals surface area contributed by atoms with Gasteiger partial charge in [0, 0.05) is 31.7 Å². The van der Waals surface area contributed by atoms with Crippen molar-refractivity contribution in [2.45, 2.75) is 19.6 Å². The molecule has 184 valence electrons. The third-order valence-electron chi connectivity index (χ3n) is 4.46. The number of halogens is 1. The van der Waals surface area contributed by atoms with E-state index < -0.39 is 9.85 Å². The average Bonchev–Trinajstić information content (AvgIpc) is 2.82. The minimum Gasteiger partial charge on any atom is -0.508 e. The predicted molar refractivity (Wildman–Crippen MR) is 140 cm³/mol. The van der Waals surface area contributed by atoms with Gasteiger partial charge in [0.1, 0.15) is 22.2 Å². The van der Waals surface area contributed by atoms with Crippen LogP contribution in [0.15, 0.2) is 105 Å². The zero-order chi connectivity index (χ0) is 26.2. The van der Waals surface area contributed by atoms with E-state index in [-0.39, 0.29) is 33.6 Å². The summed E-state index contributed by atoms with van der Waals surface area (Å²) in [5, 5.41) is 39.7. The van der Waals surface area contributed by atoms with Gasteiger partial charge in [-0.2, -0.15) is 0 Å².